The minimum atomic E-state index is -1.04. The summed E-state index contributed by atoms with van der Waals surface area (Å²) >= 11 is 1.56. The summed E-state index contributed by atoms with van der Waals surface area (Å²) in [6.07, 6.45) is 0.431. The summed E-state index contributed by atoms with van der Waals surface area (Å²) in [5.41, 5.74) is 5.50. The Hall–Kier alpha value is -1.65. The van der Waals surface area contributed by atoms with Crippen molar-refractivity contribution >= 4 is 17.3 Å². The third-order valence-corrected chi connectivity index (χ3v) is 4.02. The second-order valence-electron chi connectivity index (χ2n) is 4.21. The zero-order valence-electron chi connectivity index (χ0n) is 9.87. The Morgan fingerprint density at radius 2 is 1.94 bits per heavy atom. The van der Waals surface area contributed by atoms with E-state index in [1.54, 1.807) is 11.3 Å². The van der Waals surface area contributed by atoms with Gasteiger partial charge >= 0.3 is 5.97 Å². The zero-order chi connectivity index (χ0) is 13.0. The third-order valence-electron chi connectivity index (χ3n) is 3.14. The van der Waals surface area contributed by atoms with Gasteiger partial charge in [-0.1, -0.05) is 36.4 Å². The molecule has 0 fully saturated rings. The maximum absolute atomic E-state index is 11.7. The van der Waals surface area contributed by atoms with Crippen molar-refractivity contribution in [2.24, 2.45) is 5.73 Å². The van der Waals surface area contributed by atoms with E-state index in [4.69, 9.17) is 5.73 Å². The van der Waals surface area contributed by atoms with Gasteiger partial charge < -0.3 is 10.8 Å². The highest BCUT2D eigenvalue weighted by Gasteiger charge is 2.39. The molecule has 1 atom stereocenters. The SMILES string of the molecule is NCC(Cc1cccs1)(C(=O)O)c1ccccc1. The molecule has 1 aromatic carbocycles. The molecule has 1 heterocycles. The van der Waals surface area contributed by atoms with Crippen LogP contribution in [0.15, 0.2) is 47.8 Å². The number of thiophene rings is 1. The molecular formula is C14H15NO2S. The van der Waals surface area contributed by atoms with Crippen molar-refractivity contribution in [3.05, 3.63) is 58.3 Å². The Bertz CT molecular complexity index is 510. The van der Waals surface area contributed by atoms with Crippen LogP contribution in [-0.4, -0.2) is 17.6 Å². The summed E-state index contributed by atoms with van der Waals surface area (Å²) in [7, 11) is 0. The Morgan fingerprint density at radius 1 is 1.22 bits per heavy atom. The number of hydrogen-bond donors (Lipinski definition) is 2. The van der Waals surface area contributed by atoms with Gasteiger partial charge in [0, 0.05) is 17.8 Å². The van der Waals surface area contributed by atoms with Gasteiger partial charge in [0.15, 0.2) is 0 Å². The molecule has 0 aliphatic rings. The van der Waals surface area contributed by atoms with Gasteiger partial charge in [-0.05, 0) is 17.0 Å². The molecule has 0 aliphatic heterocycles. The summed E-state index contributed by atoms with van der Waals surface area (Å²) < 4.78 is 0. The maximum Gasteiger partial charge on any atom is 0.315 e. The molecule has 0 bridgehead atoms. The van der Waals surface area contributed by atoms with E-state index in [2.05, 4.69) is 0 Å². The lowest BCUT2D eigenvalue weighted by Gasteiger charge is -2.28. The Kier molecular flexibility index (Phi) is 3.79. The first-order valence-electron chi connectivity index (χ1n) is 5.70. The quantitative estimate of drug-likeness (QED) is 0.868. The smallest absolute Gasteiger partial charge is 0.315 e. The summed E-state index contributed by atoms with van der Waals surface area (Å²) in [4.78, 5) is 12.7. The molecular weight excluding hydrogens is 246 g/mol. The van der Waals surface area contributed by atoms with Crippen molar-refractivity contribution < 1.29 is 9.90 Å². The van der Waals surface area contributed by atoms with Crippen LogP contribution in [0.1, 0.15) is 10.4 Å². The average molecular weight is 261 g/mol. The topological polar surface area (TPSA) is 63.3 Å². The van der Waals surface area contributed by atoms with Gasteiger partial charge in [0.1, 0.15) is 5.41 Å². The van der Waals surface area contributed by atoms with Crippen LogP contribution in [0.5, 0.6) is 0 Å². The molecule has 4 heteroatoms. The molecule has 2 aromatic rings. The number of carboxylic acids is 1. The normalized spacial score (nSPS) is 14.1. The van der Waals surface area contributed by atoms with Gasteiger partial charge in [-0.25, -0.2) is 0 Å². The highest BCUT2D eigenvalue weighted by molar-refractivity contribution is 7.09. The van der Waals surface area contributed by atoms with Crippen LogP contribution in [0.25, 0.3) is 0 Å². The molecule has 1 unspecified atom stereocenters. The van der Waals surface area contributed by atoms with Gasteiger partial charge in [0.05, 0.1) is 0 Å². The Morgan fingerprint density at radius 3 is 2.44 bits per heavy atom. The van der Waals surface area contributed by atoms with Crippen molar-refractivity contribution in [2.45, 2.75) is 11.8 Å². The number of carboxylic acid groups (broad SMARTS) is 1. The second kappa shape index (κ2) is 5.33. The molecule has 0 amide bonds. The number of carbonyl (C=O) groups is 1. The van der Waals surface area contributed by atoms with Gasteiger partial charge in [0.25, 0.3) is 0 Å². The van der Waals surface area contributed by atoms with Crippen LogP contribution >= 0.6 is 11.3 Å². The molecule has 1 aromatic heterocycles. The number of rotatable bonds is 5. The first-order valence-corrected chi connectivity index (χ1v) is 6.58. The van der Waals surface area contributed by atoms with E-state index in [0.29, 0.717) is 6.42 Å². The molecule has 94 valence electrons. The van der Waals surface area contributed by atoms with E-state index in [0.717, 1.165) is 10.4 Å². The van der Waals surface area contributed by atoms with E-state index >= 15 is 0 Å². The maximum atomic E-state index is 11.7. The van der Waals surface area contributed by atoms with Gasteiger partial charge in [-0.2, -0.15) is 0 Å². The predicted octanol–water partition coefficient (Wildman–Crippen LogP) is 2.27. The molecule has 3 N–H and O–H groups in total. The van der Waals surface area contributed by atoms with Crippen LogP contribution in [0.3, 0.4) is 0 Å². The molecule has 18 heavy (non-hydrogen) atoms. The molecule has 0 saturated heterocycles. The van der Waals surface area contributed by atoms with Crippen LogP contribution in [0, 0.1) is 0 Å². The van der Waals surface area contributed by atoms with Crippen molar-refractivity contribution in [3.8, 4) is 0 Å². The van der Waals surface area contributed by atoms with E-state index in [1.807, 2.05) is 47.8 Å². The first-order chi connectivity index (χ1) is 8.69. The lowest BCUT2D eigenvalue weighted by Crippen LogP contribution is -2.44. The third kappa shape index (κ3) is 2.30. The molecule has 0 spiro atoms. The molecule has 2 rings (SSSR count). The Labute approximate surface area is 110 Å². The number of aliphatic carboxylic acids is 1. The summed E-state index contributed by atoms with van der Waals surface area (Å²) in [5, 5.41) is 11.5. The van der Waals surface area contributed by atoms with Gasteiger partial charge in [-0.15, -0.1) is 11.3 Å². The highest BCUT2D eigenvalue weighted by Crippen LogP contribution is 2.29. The van der Waals surface area contributed by atoms with Gasteiger partial charge in [0.2, 0.25) is 0 Å². The van der Waals surface area contributed by atoms with E-state index < -0.39 is 11.4 Å². The van der Waals surface area contributed by atoms with E-state index in [1.165, 1.54) is 0 Å². The lowest BCUT2D eigenvalue weighted by molar-refractivity contribution is -0.143. The number of hydrogen-bond acceptors (Lipinski definition) is 3. The highest BCUT2D eigenvalue weighted by atomic mass is 32.1. The fraction of sp³-hybridized carbons (Fsp3) is 0.214. The van der Waals surface area contributed by atoms with Crippen LogP contribution in [0.2, 0.25) is 0 Å². The standard InChI is InChI=1S/C14H15NO2S/c15-10-14(13(16)17,9-12-7-4-8-18-12)11-5-2-1-3-6-11/h1-8H,9-10,15H2,(H,16,17). The minimum Gasteiger partial charge on any atom is -0.481 e. The fourth-order valence-electron chi connectivity index (χ4n) is 2.05. The number of benzene rings is 1. The van der Waals surface area contributed by atoms with Crippen LogP contribution in [0.4, 0.5) is 0 Å². The fourth-order valence-corrected chi connectivity index (χ4v) is 2.87. The molecule has 0 saturated carbocycles. The lowest BCUT2D eigenvalue weighted by atomic mass is 9.77. The first kappa shape index (κ1) is 12.8. The van der Waals surface area contributed by atoms with Crippen molar-refractivity contribution in [3.63, 3.8) is 0 Å². The minimum absolute atomic E-state index is 0.0875. The predicted molar refractivity (Wildman–Crippen MR) is 72.8 cm³/mol. The van der Waals surface area contributed by atoms with Gasteiger partial charge in [-0.3, -0.25) is 4.79 Å². The zero-order valence-corrected chi connectivity index (χ0v) is 10.7. The summed E-state index contributed by atoms with van der Waals surface area (Å²) in [6, 6.07) is 13.1. The van der Waals surface area contributed by atoms with Crippen molar-refractivity contribution in [1.29, 1.82) is 0 Å². The largest absolute Gasteiger partial charge is 0.481 e. The van der Waals surface area contributed by atoms with Crippen molar-refractivity contribution in [1.82, 2.24) is 0 Å². The molecule has 0 radical (unpaired) electrons. The van der Waals surface area contributed by atoms with E-state index in [-0.39, 0.29) is 6.54 Å². The van der Waals surface area contributed by atoms with Crippen LogP contribution in [-0.2, 0) is 16.6 Å². The molecule has 3 nitrogen and oxygen atoms in total. The monoisotopic (exact) mass is 261 g/mol. The molecule has 0 aliphatic carbocycles. The Balaban J connectivity index is 2.43. The van der Waals surface area contributed by atoms with Crippen molar-refractivity contribution in [2.75, 3.05) is 6.54 Å². The number of nitrogens with two attached hydrogens (primary N) is 1. The van der Waals surface area contributed by atoms with E-state index in [9.17, 15) is 9.90 Å². The summed E-state index contributed by atoms with van der Waals surface area (Å²) in [6.45, 7) is 0.0875. The van der Waals surface area contributed by atoms with Crippen LogP contribution < -0.4 is 5.73 Å². The summed E-state index contributed by atoms with van der Waals surface area (Å²) in [5.74, 6) is -0.871. The second-order valence-corrected chi connectivity index (χ2v) is 5.25. The average Bonchev–Trinajstić information content (AvgIpc) is 2.89.